The summed E-state index contributed by atoms with van der Waals surface area (Å²) >= 11 is 0. The van der Waals surface area contributed by atoms with Crippen molar-refractivity contribution in [1.82, 2.24) is 0 Å². The number of methoxy groups -OCH3 is 1. The number of Topliss-reactive ketones (excluding diaryl/α,β-unsaturated/α-hetero) is 1. The Labute approximate surface area is 147 Å². The molecule has 1 unspecified atom stereocenters. The number of ether oxygens (including phenoxy) is 1. The molecule has 3 aliphatic carbocycles. The largest absolute Gasteiger partial charge is 0.468 e. The molecule has 5 nitrogen and oxygen atoms in total. The number of hydrogen-bond acceptors (Lipinski definition) is 4. The molecule has 5 heteroatoms. The summed E-state index contributed by atoms with van der Waals surface area (Å²) < 4.78 is 5.10. The van der Waals surface area contributed by atoms with Crippen molar-refractivity contribution in [2.45, 2.75) is 46.5 Å². The van der Waals surface area contributed by atoms with E-state index in [1.165, 1.54) is 7.11 Å². The van der Waals surface area contributed by atoms with Crippen LogP contribution in [0.5, 0.6) is 0 Å². The van der Waals surface area contributed by atoms with Gasteiger partial charge in [-0.15, -0.1) is 0 Å². The maximum Gasteiger partial charge on any atom is 0.315 e. The van der Waals surface area contributed by atoms with E-state index in [1.54, 1.807) is 12.2 Å². The molecule has 0 heterocycles. The third kappa shape index (κ3) is 2.16. The Hall–Kier alpha value is -2.22. The summed E-state index contributed by atoms with van der Waals surface area (Å²) in [5.41, 5.74) is -1.40. The second-order valence-electron chi connectivity index (χ2n) is 8.16. The van der Waals surface area contributed by atoms with Gasteiger partial charge in [-0.1, -0.05) is 26.8 Å². The van der Waals surface area contributed by atoms with Crippen molar-refractivity contribution >= 4 is 17.5 Å². The highest BCUT2D eigenvalue weighted by Crippen LogP contribution is 2.64. The number of fused-ring (bicyclic) bond motifs is 3. The summed E-state index contributed by atoms with van der Waals surface area (Å²) in [7, 11) is 1.37. The zero-order chi connectivity index (χ0) is 18.6. The standard InChI is InChI=1S/C20H23NO4/c1-18(2)14-7-9-20(17(24)25-5)8-6-12(22)10-15(20)19(14,3)11-13(21-4)16(18)23/h10-11,14H,6-9H2,1-3,5H3/t14-,19-,20?/m0/s1. The molecule has 0 amide bonds. The number of ketones is 2. The van der Waals surface area contributed by atoms with Crippen LogP contribution in [-0.2, 0) is 19.1 Å². The molecule has 0 bridgehead atoms. The van der Waals surface area contributed by atoms with Crippen LogP contribution < -0.4 is 0 Å². The summed E-state index contributed by atoms with van der Waals surface area (Å²) in [5.74, 6) is -0.548. The minimum absolute atomic E-state index is 0.0103. The Kier molecular flexibility index (Phi) is 3.79. The van der Waals surface area contributed by atoms with Gasteiger partial charge in [0.25, 0.3) is 0 Å². The predicted octanol–water partition coefficient (Wildman–Crippen LogP) is 3.26. The molecule has 0 aromatic rings. The van der Waals surface area contributed by atoms with E-state index < -0.39 is 16.2 Å². The highest BCUT2D eigenvalue weighted by Gasteiger charge is 2.62. The fourth-order valence-electron chi connectivity index (χ4n) is 5.37. The molecular weight excluding hydrogens is 318 g/mol. The van der Waals surface area contributed by atoms with Crippen molar-refractivity contribution in [3.8, 4) is 0 Å². The molecule has 132 valence electrons. The van der Waals surface area contributed by atoms with Crippen LogP contribution in [0.1, 0.15) is 46.5 Å². The summed E-state index contributed by atoms with van der Waals surface area (Å²) in [6, 6.07) is 0. The lowest BCUT2D eigenvalue weighted by atomic mass is 9.45. The predicted molar refractivity (Wildman–Crippen MR) is 91.1 cm³/mol. The first-order valence-corrected chi connectivity index (χ1v) is 8.62. The van der Waals surface area contributed by atoms with E-state index in [2.05, 4.69) is 4.85 Å². The van der Waals surface area contributed by atoms with E-state index >= 15 is 0 Å². The van der Waals surface area contributed by atoms with Crippen LogP contribution in [0.3, 0.4) is 0 Å². The lowest BCUT2D eigenvalue weighted by molar-refractivity contribution is -0.156. The number of esters is 1. The number of allylic oxidation sites excluding steroid dienone is 3. The van der Waals surface area contributed by atoms with Gasteiger partial charge in [-0.2, -0.15) is 0 Å². The Morgan fingerprint density at radius 2 is 1.96 bits per heavy atom. The van der Waals surface area contributed by atoms with E-state index in [9.17, 15) is 14.4 Å². The summed E-state index contributed by atoms with van der Waals surface area (Å²) in [6.07, 6.45) is 5.27. The van der Waals surface area contributed by atoms with Crippen LogP contribution in [0.15, 0.2) is 23.4 Å². The number of nitrogens with zero attached hydrogens (tertiary/aromatic N) is 1. The topological polar surface area (TPSA) is 64.8 Å². The maximum atomic E-state index is 12.7. The average Bonchev–Trinajstić information content (AvgIpc) is 2.58. The fraction of sp³-hybridized carbons (Fsp3) is 0.600. The Balaban J connectivity index is 2.28. The number of rotatable bonds is 1. The number of hydrogen-bond donors (Lipinski definition) is 0. The molecule has 0 N–H and O–H groups in total. The molecule has 3 aliphatic rings. The van der Waals surface area contributed by atoms with Crippen LogP contribution in [-0.4, -0.2) is 24.6 Å². The first-order valence-electron chi connectivity index (χ1n) is 8.62. The van der Waals surface area contributed by atoms with Crippen molar-refractivity contribution in [2.75, 3.05) is 7.11 Å². The van der Waals surface area contributed by atoms with Gasteiger partial charge >= 0.3 is 5.97 Å². The normalized spacial score (nSPS) is 36.4. The quantitative estimate of drug-likeness (QED) is 0.542. The molecule has 0 saturated heterocycles. The fourth-order valence-corrected chi connectivity index (χ4v) is 5.37. The van der Waals surface area contributed by atoms with Crippen LogP contribution >= 0.6 is 0 Å². The second-order valence-corrected chi connectivity index (χ2v) is 8.16. The molecule has 0 aromatic heterocycles. The Bertz CT molecular complexity index is 782. The lowest BCUT2D eigenvalue weighted by Crippen LogP contribution is -2.56. The van der Waals surface area contributed by atoms with Crippen molar-refractivity contribution < 1.29 is 19.1 Å². The molecule has 1 saturated carbocycles. The third-order valence-corrected chi connectivity index (χ3v) is 6.61. The van der Waals surface area contributed by atoms with Gasteiger partial charge in [0, 0.05) is 17.3 Å². The van der Waals surface area contributed by atoms with Gasteiger partial charge in [-0.25, -0.2) is 4.85 Å². The zero-order valence-corrected chi connectivity index (χ0v) is 15.1. The van der Waals surface area contributed by atoms with Gasteiger partial charge in [0.15, 0.2) is 11.6 Å². The van der Waals surface area contributed by atoms with Crippen LogP contribution in [0, 0.1) is 28.7 Å². The van der Waals surface area contributed by atoms with Crippen molar-refractivity contribution in [2.24, 2.45) is 22.2 Å². The monoisotopic (exact) mass is 341 g/mol. The molecule has 3 atom stereocenters. The smallest absolute Gasteiger partial charge is 0.315 e. The van der Waals surface area contributed by atoms with Gasteiger partial charge in [0.1, 0.15) is 0 Å². The van der Waals surface area contributed by atoms with E-state index in [4.69, 9.17) is 11.3 Å². The summed E-state index contributed by atoms with van der Waals surface area (Å²) in [4.78, 5) is 41.0. The van der Waals surface area contributed by atoms with Gasteiger partial charge in [0.05, 0.1) is 19.1 Å². The third-order valence-electron chi connectivity index (χ3n) is 6.61. The molecule has 0 aliphatic heterocycles. The second kappa shape index (κ2) is 5.39. The molecule has 25 heavy (non-hydrogen) atoms. The van der Waals surface area contributed by atoms with Gasteiger partial charge < -0.3 is 9.53 Å². The molecule has 3 rings (SSSR count). The molecule has 1 fully saturated rings. The van der Waals surface area contributed by atoms with Crippen molar-refractivity contribution in [3.63, 3.8) is 0 Å². The summed E-state index contributed by atoms with van der Waals surface area (Å²) in [6.45, 7) is 13.1. The van der Waals surface area contributed by atoms with Gasteiger partial charge in [-0.05, 0) is 36.8 Å². The Morgan fingerprint density at radius 3 is 2.56 bits per heavy atom. The lowest BCUT2D eigenvalue weighted by Gasteiger charge is -2.57. The summed E-state index contributed by atoms with van der Waals surface area (Å²) in [5, 5.41) is 0. The van der Waals surface area contributed by atoms with Crippen LogP contribution in [0.2, 0.25) is 0 Å². The van der Waals surface area contributed by atoms with E-state index in [-0.39, 0.29) is 29.2 Å². The highest BCUT2D eigenvalue weighted by molar-refractivity contribution is 6.03. The maximum absolute atomic E-state index is 12.7. The minimum atomic E-state index is -0.825. The van der Waals surface area contributed by atoms with Gasteiger partial charge in [-0.3, -0.25) is 9.59 Å². The molecule has 0 radical (unpaired) electrons. The molecular formula is C20H23NO4. The first kappa shape index (κ1) is 17.6. The average molecular weight is 341 g/mol. The number of carbonyl (C=O) groups is 3. The van der Waals surface area contributed by atoms with Gasteiger partial charge in [0.2, 0.25) is 5.70 Å². The SMILES string of the molecule is [C-]#[N+]C1=C[C@]2(C)C3=CC(=O)CCC3(C(=O)OC)CC[C@H]2C(C)(C)C1=O. The first-order chi connectivity index (χ1) is 11.6. The van der Waals surface area contributed by atoms with E-state index in [0.717, 1.165) is 5.57 Å². The molecule has 0 aromatic carbocycles. The van der Waals surface area contributed by atoms with Crippen molar-refractivity contribution in [3.05, 3.63) is 34.8 Å². The van der Waals surface area contributed by atoms with Crippen LogP contribution in [0.25, 0.3) is 4.85 Å². The van der Waals surface area contributed by atoms with Crippen molar-refractivity contribution in [1.29, 1.82) is 0 Å². The van der Waals surface area contributed by atoms with Crippen LogP contribution in [0.4, 0.5) is 0 Å². The van der Waals surface area contributed by atoms with E-state index in [1.807, 2.05) is 20.8 Å². The number of carbonyl (C=O) groups excluding carboxylic acids is 3. The zero-order valence-electron chi connectivity index (χ0n) is 15.1. The molecule has 0 spiro atoms. The minimum Gasteiger partial charge on any atom is -0.468 e. The van der Waals surface area contributed by atoms with E-state index in [0.29, 0.717) is 25.7 Å². The highest BCUT2D eigenvalue weighted by atomic mass is 16.5. The Morgan fingerprint density at radius 1 is 1.28 bits per heavy atom.